The summed E-state index contributed by atoms with van der Waals surface area (Å²) < 4.78 is 3.69. The fourth-order valence-corrected chi connectivity index (χ4v) is 2.49. The minimum Gasteiger partial charge on any atom is -0.313 e. The van der Waals surface area contributed by atoms with Crippen molar-refractivity contribution in [3.8, 4) is 0 Å². The van der Waals surface area contributed by atoms with Crippen LogP contribution >= 0.6 is 0 Å². The maximum atomic E-state index is 4.37. The lowest BCUT2D eigenvalue weighted by Crippen LogP contribution is -2.17. The number of nitrogens with one attached hydrogen (secondary N) is 1. The van der Waals surface area contributed by atoms with Crippen molar-refractivity contribution in [1.82, 2.24) is 29.7 Å². The van der Waals surface area contributed by atoms with Gasteiger partial charge in [-0.25, -0.2) is 4.52 Å². The summed E-state index contributed by atoms with van der Waals surface area (Å²) in [6.07, 6.45) is 13.3. The fraction of sp³-hybridized carbons (Fsp3) is 0.357. The Labute approximate surface area is 117 Å². The average molecular weight is 270 g/mol. The van der Waals surface area contributed by atoms with E-state index < -0.39 is 0 Å². The molecule has 3 rings (SSSR count). The summed E-state index contributed by atoms with van der Waals surface area (Å²) in [5.41, 5.74) is 3.49. The molecule has 0 radical (unpaired) electrons. The van der Waals surface area contributed by atoms with Crippen LogP contribution in [0.25, 0.3) is 5.52 Å². The second-order valence-corrected chi connectivity index (χ2v) is 4.91. The second-order valence-electron chi connectivity index (χ2n) is 4.91. The van der Waals surface area contributed by atoms with Crippen LogP contribution in [-0.4, -0.2) is 31.4 Å². The van der Waals surface area contributed by atoms with Gasteiger partial charge in [0, 0.05) is 37.2 Å². The Bertz CT molecular complexity index is 698. The SMILES string of the molecule is CNC(CCc1cnn(C)c1)c1cnn2ccncc12. The van der Waals surface area contributed by atoms with Crippen molar-refractivity contribution < 1.29 is 0 Å². The number of aromatic nitrogens is 5. The topological polar surface area (TPSA) is 60.0 Å². The lowest BCUT2D eigenvalue weighted by molar-refractivity contribution is 0.552. The van der Waals surface area contributed by atoms with Crippen molar-refractivity contribution in [1.29, 1.82) is 0 Å². The smallest absolute Gasteiger partial charge is 0.0892 e. The van der Waals surface area contributed by atoms with Gasteiger partial charge in [-0.2, -0.15) is 10.2 Å². The molecule has 1 N–H and O–H groups in total. The van der Waals surface area contributed by atoms with Crippen LogP contribution in [0.2, 0.25) is 0 Å². The molecule has 3 aromatic heterocycles. The molecule has 0 aromatic carbocycles. The van der Waals surface area contributed by atoms with Crippen molar-refractivity contribution in [2.24, 2.45) is 7.05 Å². The molecule has 0 aliphatic carbocycles. The van der Waals surface area contributed by atoms with Crippen LogP contribution in [0.5, 0.6) is 0 Å². The molecule has 0 aliphatic heterocycles. The molecule has 1 unspecified atom stereocenters. The molecule has 3 heterocycles. The molecule has 104 valence electrons. The van der Waals surface area contributed by atoms with E-state index in [1.54, 1.807) is 6.20 Å². The van der Waals surface area contributed by atoms with Gasteiger partial charge in [-0.15, -0.1) is 0 Å². The Morgan fingerprint density at radius 1 is 1.25 bits per heavy atom. The zero-order valence-electron chi connectivity index (χ0n) is 11.7. The maximum Gasteiger partial charge on any atom is 0.0892 e. The molecule has 6 nitrogen and oxygen atoms in total. The van der Waals surface area contributed by atoms with Crippen molar-refractivity contribution in [3.05, 3.63) is 48.3 Å². The largest absolute Gasteiger partial charge is 0.313 e. The van der Waals surface area contributed by atoms with E-state index in [4.69, 9.17) is 0 Å². The first-order valence-electron chi connectivity index (χ1n) is 6.70. The Kier molecular flexibility index (Phi) is 3.47. The third-order valence-corrected chi connectivity index (χ3v) is 3.56. The zero-order valence-corrected chi connectivity index (χ0v) is 11.7. The lowest BCUT2D eigenvalue weighted by atomic mass is 10.0. The number of nitrogens with zero attached hydrogens (tertiary/aromatic N) is 5. The molecule has 0 spiro atoms. The Morgan fingerprint density at radius 2 is 2.15 bits per heavy atom. The summed E-state index contributed by atoms with van der Waals surface area (Å²) in [7, 11) is 3.92. The maximum absolute atomic E-state index is 4.37. The normalized spacial score (nSPS) is 12.9. The molecule has 0 saturated heterocycles. The molecule has 0 saturated carbocycles. The highest BCUT2D eigenvalue weighted by molar-refractivity contribution is 5.53. The van der Waals surface area contributed by atoms with Gasteiger partial charge in [0.1, 0.15) is 0 Å². The highest BCUT2D eigenvalue weighted by Crippen LogP contribution is 2.22. The van der Waals surface area contributed by atoms with Gasteiger partial charge in [0.15, 0.2) is 0 Å². The summed E-state index contributed by atoms with van der Waals surface area (Å²) in [6, 6.07) is 0.261. The van der Waals surface area contributed by atoms with Crippen LogP contribution in [0, 0.1) is 0 Å². The Morgan fingerprint density at radius 3 is 2.90 bits per heavy atom. The van der Waals surface area contributed by atoms with Gasteiger partial charge in [-0.05, 0) is 25.5 Å². The van der Waals surface area contributed by atoms with Crippen molar-refractivity contribution >= 4 is 5.52 Å². The predicted octanol–water partition coefficient (Wildman–Crippen LogP) is 1.36. The molecule has 6 heteroatoms. The van der Waals surface area contributed by atoms with E-state index in [1.807, 2.05) is 48.1 Å². The third kappa shape index (κ3) is 2.42. The molecular formula is C14H18N6. The van der Waals surface area contributed by atoms with Crippen molar-refractivity contribution in [2.75, 3.05) is 7.05 Å². The number of hydrogen-bond acceptors (Lipinski definition) is 4. The second kappa shape index (κ2) is 5.42. The highest BCUT2D eigenvalue weighted by atomic mass is 15.2. The molecule has 1 atom stereocenters. The van der Waals surface area contributed by atoms with Crippen LogP contribution in [0.1, 0.15) is 23.6 Å². The van der Waals surface area contributed by atoms with Crippen LogP contribution < -0.4 is 5.32 Å². The fourth-order valence-electron chi connectivity index (χ4n) is 2.49. The number of fused-ring (bicyclic) bond motifs is 1. The van der Waals surface area contributed by atoms with E-state index in [1.165, 1.54) is 11.1 Å². The number of hydrogen-bond donors (Lipinski definition) is 1. The minimum absolute atomic E-state index is 0.261. The molecule has 0 fully saturated rings. The highest BCUT2D eigenvalue weighted by Gasteiger charge is 2.15. The average Bonchev–Trinajstić information content (AvgIpc) is 3.07. The Hall–Kier alpha value is -2.21. The van der Waals surface area contributed by atoms with E-state index in [0.29, 0.717) is 0 Å². The summed E-state index contributed by atoms with van der Waals surface area (Å²) in [5.74, 6) is 0. The van der Waals surface area contributed by atoms with E-state index in [2.05, 4.69) is 26.7 Å². The summed E-state index contributed by atoms with van der Waals surface area (Å²) in [6.45, 7) is 0. The van der Waals surface area contributed by atoms with Crippen LogP contribution in [0.15, 0.2) is 37.2 Å². The van der Waals surface area contributed by atoms with Gasteiger partial charge in [0.25, 0.3) is 0 Å². The van der Waals surface area contributed by atoms with Gasteiger partial charge in [-0.3, -0.25) is 9.67 Å². The minimum atomic E-state index is 0.261. The molecule has 3 aromatic rings. The van der Waals surface area contributed by atoms with Gasteiger partial charge < -0.3 is 5.32 Å². The summed E-state index contributed by atoms with van der Waals surface area (Å²) in [5, 5.41) is 11.9. The van der Waals surface area contributed by atoms with Crippen molar-refractivity contribution in [3.63, 3.8) is 0 Å². The van der Waals surface area contributed by atoms with Crippen LogP contribution in [-0.2, 0) is 13.5 Å². The van der Waals surface area contributed by atoms with Crippen LogP contribution in [0.3, 0.4) is 0 Å². The standard InChI is InChI=1S/C14H18N6/c1-15-13(4-3-11-7-17-19(2)10-11)12-8-18-20-6-5-16-9-14(12)20/h5-10,13,15H,3-4H2,1-2H3. The first-order chi connectivity index (χ1) is 9.78. The molecule has 0 aliphatic rings. The van der Waals surface area contributed by atoms with Crippen molar-refractivity contribution in [2.45, 2.75) is 18.9 Å². The lowest BCUT2D eigenvalue weighted by Gasteiger charge is -2.14. The van der Waals surface area contributed by atoms with Gasteiger partial charge in [-0.1, -0.05) is 0 Å². The van der Waals surface area contributed by atoms with E-state index in [0.717, 1.165) is 18.4 Å². The molecule has 0 bridgehead atoms. The zero-order chi connectivity index (χ0) is 13.9. The van der Waals surface area contributed by atoms with E-state index in [-0.39, 0.29) is 6.04 Å². The quantitative estimate of drug-likeness (QED) is 0.760. The first-order valence-corrected chi connectivity index (χ1v) is 6.70. The third-order valence-electron chi connectivity index (χ3n) is 3.56. The number of rotatable bonds is 5. The monoisotopic (exact) mass is 270 g/mol. The van der Waals surface area contributed by atoms with Gasteiger partial charge >= 0.3 is 0 Å². The molecule has 20 heavy (non-hydrogen) atoms. The van der Waals surface area contributed by atoms with Gasteiger partial charge in [0.05, 0.1) is 24.1 Å². The molecular weight excluding hydrogens is 252 g/mol. The molecule has 0 amide bonds. The predicted molar refractivity (Wildman–Crippen MR) is 76.3 cm³/mol. The van der Waals surface area contributed by atoms with Crippen LogP contribution in [0.4, 0.5) is 0 Å². The van der Waals surface area contributed by atoms with Gasteiger partial charge in [0.2, 0.25) is 0 Å². The Balaban J connectivity index is 1.79. The summed E-state index contributed by atoms with van der Waals surface area (Å²) >= 11 is 0. The van der Waals surface area contributed by atoms with E-state index >= 15 is 0 Å². The number of aryl methyl sites for hydroxylation is 2. The van der Waals surface area contributed by atoms with E-state index in [9.17, 15) is 0 Å². The summed E-state index contributed by atoms with van der Waals surface area (Å²) in [4.78, 5) is 4.18. The first kappa shape index (κ1) is 12.8.